The molecule has 4 rings (SSSR count). The number of carbonyl (C=O) groups excluding carboxylic acids is 2. The summed E-state index contributed by atoms with van der Waals surface area (Å²) >= 11 is 0. The lowest BCUT2D eigenvalue weighted by molar-refractivity contribution is -0.384. The van der Waals surface area contributed by atoms with Crippen molar-refractivity contribution in [3.63, 3.8) is 0 Å². The number of rotatable bonds is 3. The Morgan fingerprint density at radius 3 is 2.40 bits per heavy atom. The van der Waals surface area contributed by atoms with Crippen LogP contribution in [0.1, 0.15) is 33.2 Å². The summed E-state index contributed by atoms with van der Waals surface area (Å²) < 4.78 is 0. The molecular formula is C18H13N3O4. The highest BCUT2D eigenvalue weighted by molar-refractivity contribution is 6.38. The summed E-state index contributed by atoms with van der Waals surface area (Å²) in [6.45, 7) is 1.93. The molecule has 0 unspecified atom stereocenters. The first kappa shape index (κ1) is 15.1. The van der Waals surface area contributed by atoms with Gasteiger partial charge >= 0.3 is 0 Å². The van der Waals surface area contributed by atoms with Gasteiger partial charge in [0.25, 0.3) is 17.5 Å². The van der Waals surface area contributed by atoms with Crippen LogP contribution >= 0.6 is 0 Å². The van der Waals surface area contributed by atoms with Crippen LogP contribution < -0.4 is 4.90 Å². The number of non-ortho nitro benzene ring substituents is 1. The third-order valence-corrected chi connectivity index (χ3v) is 4.47. The Morgan fingerprint density at radius 1 is 1.08 bits per heavy atom. The fraction of sp³-hybridized carbons (Fsp3) is 0.111. The van der Waals surface area contributed by atoms with Gasteiger partial charge in [-0.15, -0.1) is 0 Å². The first-order valence-corrected chi connectivity index (χ1v) is 7.79. The number of imide groups is 1. The second kappa shape index (κ2) is 5.27. The van der Waals surface area contributed by atoms with Crippen LogP contribution in [0.2, 0.25) is 0 Å². The summed E-state index contributed by atoms with van der Waals surface area (Å²) in [4.78, 5) is 40.3. The molecule has 1 N–H and O–H groups in total. The number of aromatic amines is 1. The number of nitrogens with one attached hydrogen (secondary N) is 1. The Hall–Kier alpha value is -3.48. The van der Waals surface area contributed by atoms with Gasteiger partial charge < -0.3 is 4.98 Å². The molecule has 25 heavy (non-hydrogen) atoms. The van der Waals surface area contributed by atoms with E-state index in [1.54, 1.807) is 12.3 Å². The number of amides is 2. The maximum atomic E-state index is 13.0. The predicted octanol–water partition coefficient (Wildman–Crippen LogP) is 3.44. The smallest absolute Gasteiger partial charge is 0.269 e. The summed E-state index contributed by atoms with van der Waals surface area (Å²) in [5.74, 6) is -0.803. The third kappa shape index (κ3) is 2.06. The molecule has 0 fully saturated rings. The summed E-state index contributed by atoms with van der Waals surface area (Å²) in [5.41, 5.74) is 2.64. The summed E-state index contributed by atoms with van der Waals surface area (Å²) in [7, 11) is 0. The molecule has 124 valence electrons. The topological polar surface area (TPSA) is 96.3 Å². The summed E-state index contributed by atoms with van der Waals surface area (Å²) in [6.07, 6.45) is 2.35. The SMILES string of the molecule is CCc1cc2[nH]ccc2c2c1C(=O)N(c1ccc([N+](=O)[O-])cc1)C2=O. The van der Waals surface area contributed by atoms with Crippen LogP contribution in [0.3, 0.4) is 0 Å². The zero-order valence-electron chi connectivity index (χ0n) is 13.3. The van der Waals surface area contributed by atoms with E-state index in [4.69, 9.17) is 0 Å². The minimum Gasteiger partial charge on any atom is -0.361 e. The van der Waals surface area contributed by atoms with Gasteiger partial charge in [-0.2, -0.15) is 0 Å². The number of hydrogen-bond acceptors (Lipinski definition) is 4. The fourth-order valence-electron chi connectivity index (χ4n) is 3.28. The van der Waals surface area contributed by atoms with Crippen molar-refractivity contribution in [1.29, 1.82) is 0 Å². The van der Waals surface area contributed by atoms with E-state index < -0.39 is 16.7 Å². The van der Waals surface area contributed by atoms with Gasteiger partial charge in [-0.1, -0.05) is 6.92 Å². The quantitative estimate of drug-likeness (QED) is 0.450. The van der Waals surface area contributed by atoms with Crippen LogP contribution in [0.15, 0.2) is 42.6 Å². The van der Waals surface area contributed by atoms with Crippen molar-refractivity contribution >= 4 is 34.1 Å². The first-order chi connectivity index (χ1) is 12.0. The van der Waals surface area contributed by atoms with E-state index in [0.717, 1.165) is 16.0 Å². The number of nitro benzene ring substituents is 1. The lowest BCUT2D eigenvalue weighted by atomic mass is 9.97. The van der Waals surface area contributed by atoms with E-state index in [9.17, 15) is 19.7 Å². The Morgan fingerprint density at radius 2 is 1.76 bits per heavy atom. The van der Waals surface area contributed by atoms with Gasteiger partial charge in [0.2, 0.25) is 0 Å². The molecule has 0 radical (unpaired) electrons. The molecule has 2 aromatic carbocycles. The molecular weight excluding hydrogens is 322 g/mol. The molecule has 7 nitrogen and oxygen atoms in total. The maximum absolute atomic E-state index is 13.0. The maximum Gasteiger partial charge on any atom is 0.269 e. The number of fused-ring (bicyclic) bond motifs is 3. The lowest BCUT2D eigenvalue weighted by Crippen LogP contribution is -2.29. The number of H-pyrrole nitrogens is 1. The highest BCUT2D eigenvalue weighted by Crippen LogP contribution is 2.36. The standard InChI is InChI=1S/C18H13N3O4/c1-2-10-9-14-13(7-8-19-14)16-15(10)17(22)20(18(16)23)11-3-5-12(6-4-11)21(24)25/h3-9,19H,2H2,1H3. The molecule has 0 bridgehead atoms. The number of nitro groups is 1. The van der Waals surface area contributed by atoms with Gasteiger partial charge in [-0.05, 0) is 36.2 Å². The van der Waals surface area contributed by atoms with Gasteiger partial charge in [0.15, 0.2) is 0 Å². The predicted molar refractivity (Wildman–Crippen MR) is 91.9 cm³/mol. The molecule has 1 aliphatic heterocycles. The Labute approximate surface area is 142 Å². The molecule has 1 aromatic heterocycles. The number of hydrogen-bond donors (Lipinski definition) is 1. The molecule has 0 atom stereocenters. The first-order valence-electron chi connectivity index (χ1n) is 7.79. The molecule has 0 saturated carbocycles. The second-order valence-electron chi connectivity index (χ2n) is 5.80. The zero-order valence-corrected chi connectivity index (χ0v) is 13.3. The normalized spacial score (nSPS) is 13.6. The minimum atomic E-state index is -0.523. The van der Waals surface area contributed by atoms with Gasteiger partial charge in [0.1, 0.15) is 0 Å². The molecule has 0 spiro atoms. The van der Waals surface area contributed by atoms with Gasteiger partial charge in [-0.25, -0.2) is 4.90 Å². The van der Waals surface area contributed by atoms with Crippen molar-refractivity contribution in [3.8, 4) is 0 Å². The van der Waals surface area contributed by atoms with Crippen LogP contribution in [-0.2, 0) is 6.42 Å². The van der Waals surface area contributed by atoms with Gasteiger partial charge in [-0.3, -0.25) is 19.7 Å². The van der Waals surface area contributed by atoms with Crippen LogP contribution in [0.4, 0.5) is 11.4 Å². The van der Waals surface area contributed by atoms with Crippen LogP contribution in [0.5, 0.6) is 0 Å². The van der Waals surface area contributed by atoms with Crippen molar-refractivity contribution < 1.29 is 14.5 Å². The zero-order chi connectivity index (χ0) is 17.7. The summed E-state index contributed by atoms with van der Waals surface area (Å²) in [6, 6.07) is 9.06. The van der Waals surface area contributed by atoms with Crippen LogP contribution in [0, 0.1) is 10.1 Å². The molecule has 0 saturated heterocycles. The molecule has 3 aromatic rings. The van der Waals surface area contributed by atoms with E-state index in [1.807, 2.05) is 13.0 Å². The minimum absolute atomic E-state index is 0.0948. The highest BCUT2D eigenvalue weighted by Gasteiger charge is 2.40. The monoisotopic (exact) mass is 335 g/mol. The van der Waals surface area contributed by atoms with Crippen molar-refractivity contribution in [3.05, 3.63) is 69.4 Å². The van der Waals surface area contributed by atoms with Crippen LogP contribution in [0.25, 0.3) is 10.9 Å². The largest absolute Gasteiger partial charge is 0.361 e. The number of aryl methyl sites for hydroxylation is 1. The van der Waals surface area contributed by atoms with E-state index in [-0.39, 0.29) is 5.69 Å². The highest BCUT2D eigenvalue weighted by atomic mass is 16.6. The van der Waals surface area contributed by atoms with Crippen molar-refractivity contribution in [1.82, 2.24) is 4.98 Å². The number of aromatic nitrogens is 1. The molecule has 0 aliphatic carbocycles. The van der Waals surface area contributed by atoms with Crippen LogP contribution in [-0.4, -0.2) is 21.7 Å². The fourth-order valence-corrected chi connectivity index (χ4v) is 3.28. The van der Waals surface area contributed by atoms with Crippen molar-refractivity contribution in [2.75, 3.05) is 4.90 Å². The van der Waals surface area contributed by atoms with E-state index >= 15 is 0 Å². The number of anilines is 1. The Bertz CT molecular complexity index is 1050. The molecule has 7 heteroatoms. The lowest BCUT2D eigenvalue weighted by Gasteiger charge is -2.13. The molecule has 1 aliphatic rings. The van der Waals surface area contributed by atoms with Crippen molar-refractivity contribution in [2.24, 2.45) is 0 Å². The summed E-state index contributed by atoms with van der Waals surface area (Å²) in [5, 5.41) is 11.5. The van der Waals surface area contributed by atoms with E-state index in [0.29, 0.717) is 28.6 Å². The van der Waals surface area contributed by atoms with Crippen molar-refractivity contribution in [2.45, 2.75) is 13.3 Å². The van der Waals surface area contributed by atoms with E-state index in [2.05, 4.69) is 4.98 Å². The Kier molecular flexibility index (Phi) is 3.18. The van der Waals surface area contributed by atoms with Gasteiger partial charge in [0.05, 0.1) is 21.7 Å². The van der Waals surface area contributed by atoms with E-state index in [1.165, 1.54) is 24.3 Å². The Balaban J connectivity index is 1.89. The average Bonchev–Trinajstić information content (AvgIpc) is 3.17. The molecule has 2 amide bonds. The average molecular weight is 335 g/mol. The van der Waals surface area contributed by atoms with Gasteiger partial charge in [0, 0.05) is 29.2 Å². The number of carbonyl (C=O) groups is 2. The number of nitrogens with zero attached hydrogens (tertiary/aromatic N) is 2. The second-order valence-corrected chi connectivity index (χ2v) is 5.80. The molecule has 2 heterocycles. The third-order valence-electron chi connectivity index (χ3n) is 4.47. The number of benzene rings is 2.